The number of hydrogen-bond acceptors (Lipinski definition) is 16. The Bertz CT molecular complexity index is 2530. The van der Waals surface area contributed by atoms with Crippen LogP contribution in [-0.4, -0.2) is 166 Å². The van der Waals surface area contributed by atoms with Gasteiger partial charge in [-0.3, -0.25) is 19.1 Å². The van der Waals surface area contributed by atoms with Gasteiger partial charge in [-0.15, -0.1) is 10.2 Å². The fourth-order valence-corrected chi connectivity index (χ4v) is 7.87. The van der Waals surface area contributed by atoms with E-state index < -0.39 is 6.04 Å². The number of ether oxygens (including phenoxy) is 11. The van der Waals surface area contributed by atoms with Gasteiger partial charge >= 0.3 is 0 Å². The average molecular weight is 1060 g/mol. The highest BCUT2D eigenvalue weighted by molar-refractivity contribution is 6.30. The maximum absolute atomic E-state index is 13.2. The van der Waals surface area contributed by atoms with E-state index in [1.54, 1.807) is 21.3 Å². The van der Waals surface area contributed by atoms with Crippen molar-refractivity contribution < 1.29 is 61.7 Å². The normalized spacial score (nSPS) is 12.8. The van der Waals surface area contributed by atoms with E-state index in [-0.39, 0.29) is 24.8 Å². The largest absolute Gasteiger partial charge is 0.497 e. The summed E-state index contributed by atoms with van der Waals surface area (Å²) in [5, 5.41) is 15.1. The van der Waals surface area contributed by atoms with E-state index in [0.717, 1.165) is 40.8 Å². The number of nitrogens with zero attached hydrogens (tertiary/aromatic N) is 4. The molecule has 2 amide bonds. The molecule has 6 rings (SSSR count). The summed E-state index contributed by atoms with van der Waals surface area (Å²) in [7, 11) is 4.87. The van der Waals surface area contributed by atoms with E-state index in [4.69, 9.17) is 68.7 Å². The first-order valence-electron chi connectivity index (χ1n) is 25.0. The molecule has 0 spiro atoms. The predicted octanol–water partition coefficient (Wildman–Crippen LogP) is 6.15. The summed E-state index contributed by atoms with van der Waals surface area (Å²) in [4.78, 5) is 30.6. The van der Waals surface area contributed by atoms with Crippen LogP contribution in [0.15, 0.2) is 89.9 Å². The number of benzene rings is 4. The number of halogens is 1. The number of methoxy groups -OCH3 is 3. The number of aliphatic imine (C=N–C) groups is 1. The number of amides is 2. The molecule has 1 aliphatic heterocycles. The second kappa shape index (κ2) is 33.0. The molecule has 0 saturated heterocycles. The van der Waals surface area contributed by atoms with E-state index in [1.165, 1.54) is 0 Å². The molecule has 19 nitrogen and oxygen atoms in total. The van der Waals surface area contributed by atoms with Crippen LogP contribution < -0.4 is 29.6 Å². The molecule has 2 heterocycles. The van der Waals surface area contributed by atoms with Gasteiger partial charge in [-0.1, -0.05) is 41.9 Å². The number of aromatic nitrogens is 3. The maximum atomic E-state index is 13.2. The number of aryl methyl sites for hydroxylation is 2. The van der Waals surface area contributed by atoms with Crippen LogP contribution in [0, 0.1) is 13.3 Å². The minimum Gasteiger partial charge on any atom is -0.497 e. The number of rotatable bonds is 37. The molecule has 0 bridgehead atoms. The smallest absolute Gasteiger partial charge is 0.258 e. The molecule has 5 aromatic rings. The Balaban J connectivity index is 0.689. The third-order valence-electron chi connectivity index (χ3n) is 11.5. The second-order valence-electron chi connectivity index (χ2n) is 16.8. The molecule has 75 heavy (non-hydrogen) atoms. The fourth-order valence-electron chi connectivity index (χ4n) is 7.74. The van der Waals surface area contributed by atoms with E-state index in [0.29, 0.717) is 151 Å². The highest BCUT2D eigenvalue weighted by Gasteiger charge is 2.30. The molecular formula is C55H70ClN6O13. The van der Waals surface area contributed by atoms with E-state index in [9.17, 15) is 9.59 Å². The quantitative estimate of drug-likeness (QED) is 0.0429. The number of nitrogens with one attached hydrogen (secondary N) is 2. The minimum atomic E-state index is -0.603. The standard InChI is InChI=1S/C55H70ClN6O13/c1-40-60-61-55-48(59-54(43-12-14-44(56)15-13-43)47-37-45(65-2)16-17-49(47)62(40)55)38-52(63)57-19-21-68-23-25-70-27-29-72-31-33-74-34-32-73-30-28-71-26-24-69-22-20-58-53(64)39-75-46-10-6-9-41(35-46)7-5-8-42-11-18-50(66-3)51(36-42)67-4/h6-7,9-18,35-37,48H,5,8,19-34,38-39H2,1-4H3,(H,57,63)(H,58,64)/t48-/m0/s1. The fraction of sp³-hybridized carbons (Fsp3) is 0.455. The summed E-state index contributed by atoms with van der Waals surface area (Å²) in [6, 6.07) is 26.2. The molecule has 1 aliphatic rings. The van der Waals surface area contributed by atoms with Gasteiger partial charge in [-0.2, -0.15) is 0 Å². The number of carbonyl (C=O) groups is 2. The van der Waals surface area contributed by atoms with Crippen LogP contribution in [0.5, 0.6) is 23.0 Å². The molecule has 4 aromatic carbocycles. The summed E-state index contributed by atoms with van der Waals surface area (Å²) in [5.74, 6) is 3.55. The first kappa shape index (κ1) is 58.1. The van der Waals surface area contributed by atoms with Crippen molar-refractivity contribution in [2.75, 3.05) is 134 Å². The van der Waals surface area contributed by atoms with Gasteiger partial charge in [0.2, 0.25) is 5.91 Å². The molecule has 1 aromatic heterocycles. The predicted molar refractivity (Wildman–Crippen MR) is 282 cm³/mol. The zero-order valence-electron chi connectivity index (χ0n) is 43.4. The van der Waals surface area contributed by atoms with Gasteiger partial charge in [0.15, 0.2) is 23.9 Å². The minimum absolute atomic E-state index is 0.0602. The van der Waals surface area contributed by atoms with Gasteiger partial charge in [0.25, 0.3) is 5.91 Å². The van der Waals surface area contributed by atoms with Crippen molar-refractivity contribution in [3.63, 3.8) is 0 Å². The summed E-state index contributed by atoms with van der Waals surface area (Å²) in [6.07, 6.45) is 3.87. The monoisotopic (exact) mass is 1060 g/mol. The van der Waals surface area contributed by atoms with Crippen molar-refractivity contribution in [2.24, 2.45) is 4.99 Å². The van der Waals surface area contributed by atoms with Crippen LogP contribution >= 0.6 is 11.6 Å². The Hall–Kier alpha value is -6.16. The lowest BCUT2D eigenvalue weighted by atomic mass is 10.00. The van der Waals surface area contributed by atoms with Crippen molar-refractivity contribution in [3.05, 3.63) is 130 Å². The first-order chi connectivity index (χ1) is 36.8. The maximum Gasteiger partial charge on any atom is 0.258 e. The SMILES string of the molecule is COc1ccc2c(c1)C(c1ccc(Cl)cc1)=N[C@@H](CC(=O)NCCOCCOCCOCCOCCOCCOCCOCCNC(=O)COc1cccc([CH]CCc3ccc(OC)c(OC)c3)c1)c1nnc(C)n1-2. The highest BCUT2D eigenvalue weighted by atomic mass is 35.5. The lowest BCUT2D eigenvalue weighted by molar-refractivity contribution is -0.123. The van der Waals surface area contributed by atoms with Crippen molar-refractivity contribution in [1.29, 1.82) is 0 Å². The molecule has 0 fully saturated rings. The number of fused-ring (bicyclic) bond motifs is 3. The molecule has 2 N–H and O–H groups in total. The Morgan fingerprint density at radius 2 is 1.23 bits per heavy atom. The summed E-state index contributed by atoms with van der Waals surface area (Å²) < 4.78 is 62.9. The van der Waals surface area contributed by atoms with Gasteiger partial charge in [0, 0.05) is 29.2 Å². The van der Waals surface area contributed by atoms with Gasteiger partial charge in [-0.25, -0.2) is 0 Å². The van der Waals surface area contributed by atoms with E-state index in [1.807, 2.05) is 96.4 Å². The van der Waals surface area contributed by atoms with Crippen molar-refractivity contribution in [2.45, 2.75) is 32.2 Å². The van der Waals surface area contributed by atoms with Crippen LogP contribution in [0.1, 0.15) is 52.8 Å². The Morgan fingerprint density at radius 3 is 1.83 bits per heavy atom. The van der Waals surface area contributed by atoms with Crippen molar-refractivity contribution in [1.82, 2.24) is 25.4 Å². The third kappa shape index (κ3) is 19.8. The Kier molecular flexibility index (Phi) is 25.6. The Labute approximate surface area is 444 Å². The average Bonchev–Trinajstić information content (AvgIpc) is 3.75. The lowest BCUT2D eigenvalue weighted by Gasteiger charge is -2.14. The number of hydrogen-bond donors (Lipinski definition) is 2. The molecule has 1 atom stereocenters. The van der Waals surface area contributed by atoms with Gasteiger partial charge in [0.05, 0.1) is 132 Å². The Morgan fingerprint density at radius 1 is 0.627 bits per heavy atom. The van der Waals surface area contributed by atoms with Crippen molar-refractivity contribution >= 4 is 29.1 Å². The van der Waals surface area contributed by atoms with Crippen molar-refractivity contribution in [3.8, 4) is 28.7 Å². The second-order valence-corrected chi connectivity index (χ2v) is 17.2. The molecular weight excluding hydrogens is 988 g/mol. The van der Waals surface area contributed by atoms with E-state index in [2.05, 4.69) is 27.3 Å². The molecule has 0 saturated carbocycles. The summed E-state index contributed by atoms with van der Waals surface area (Å²) in [6.45, 7) is 8.23. The van der Waals surface area contributed by atoms with Gasteiger partial charge < -0.3 is 62.7 Å². The summed E-state index contributed by atoms with van der Waals surface area (Å²) in [5.41, 5.74) is 5.38. The van der Waals surface area contributed by atoms with Crippen LogP contribution in [-0.2, 0) is 49.2 Å². The van der Waals surface area contributed by atoms with Gasteiger partial charge in [0.1, 0.15) is 23.4 Å². The molecule has 0 unspecified atom stereocenters. The van der Waals surface area contributed by atoms with Gasteiger partial charge in [-0.05, 0) is 91.9 Å². The van der Waals surface area contributed by atoms with Crippen LogP contribution in [0.4, 0.5) is 0 Å². The van der Waals surface area contributed by atoms with Crippen LogP contribution in [0.3, 0.4) is 0 Å². The highest BCUT2D eigenvalue weighted by Crippen LogP contribution is 2.35. The zero-order chi connectivity index (χ0) is 52.9. The zero-order valence-corrected chi connectivity index (χ0v) is 44.1. The molecule has 405 valence electrons. The molecule has 1 radical (unpaired) electrons. The third-order valence-corrected chi connectivity index (χ3v) is 11.7. The summed E-state index contributed by atoms with van der Waals surface area (Å²) >= 11 is 6.22. The number of carbonyl (C=O) groups excluding carboxylic acids is 2. The van der Waals surface area contributed by atoms with Crippen LogP contribution in [0.2, 0.25) is 5.02 Å². The topological polar surface area (TPSA) is 203 Å². The molecule has 20 heteroatoms. The van der Waals surface area contributed by atoms with Crippen LogP contribution in [0.25, 0.3) is 5.69 Å². The molecule has 0 aliphatic carbocycles. The lowest BCUT2D eigenvalue weighted by Crippen LogP contribution is -2.31. The first-order valence-corrected chi connectivity index (χ1v) is 25.4. The van der Waals surface area contributed by atoms with E-state index >= 15 is 0 Å².